The maximum absolute atomic E-state index is 15.5. The van der Waals surface area contributed by atoms with Crippen molar-refractivity contribution >= 4 is 0 Å². The first-order valence-corrected chi connectivity index (χ1v) is 7.67. The van der Waals surface area contributed by atoms with Gasteiger partial charge < -0.3 is 4.74 Å². The fourth-order valence-corrected chi connectivity index (χ4v) is 3.61. The molecule has 3 fully saturated rings. The van der Waals surface area contributed by atoms with Gasteiger partial charge in [-0.15, -0.1) is 5.10 Å². The summed E-state index contributed by atoms with van der Waals surface area (Å²) in [5.41, 5.74) is -0.0524. The second-order valence-electron chi connectivity index (χ2n) is 6.16. The lowest BCUT2D eigenvalue weighted by molar-refractivity contribution is -0.0615. The number of nitrogens with zero attached hydrogens (tertiary/aromatic N) is 4. The molecule has 1 atom stereocenters. The predicted octanol–water partition coefficient (Wildman–Crippen LogP) is 2.17. The number of ether oxygens (including phenoxy) is 1. The van der Waals surface area contributed by atoms with Crippen LogP contribution in [0.4, 0.5) is 4.39 Å². The van der Waals surface area contributed by atoms with Crippen LogP contribution < -0.4 is 4.74 Å². The summed E-state index contributed by atoms with van der Waals surface area (Å²) >= 11 is 0. The monoisotopic (exact) mass is 302 g/mol. The normalized spacial score (nSPS) is 30.5. The quantitative estimate of drug-likeness (QED) is 0.871. The van der Waals surface area contributed by atoms with Crippen molar-refractivity contribution in [2.24, 2.45) is 5.92 Å². The molecule has 0 spiro atoms. The summed E-state index contributed by atoms with van der Waals surface area (Å²) < 4.78 is 22.2. The van der Waals surface area contributed by atoms with E-state index in [0.29, 0.717) is 12.2 Å². The second kappa shape index (κ2) is 5.05. The van der Waals surface area contributed by atoms with Crippen molar-refractivity contribution in [1.82, 2.24) is 19.9 Å². The molecular formula is C16H19FN4O. The molecule has 4 heterocycles. The van der Waals surface area contributed by atoms with E-state index in [-0.39, 0.29) is 5.92 Å². The van der Waals surface area contributed by atoms with E-state index in [1.165, 1.54) is 0 Å². The number of piperidine rings is 3. The number of fused-ring (bicyclic) bond motifs is 3. The lowest BCUT2D eigenvalue weighted by Crippen LogP contribution is -2.55. The van der Waals surface area contributed by atoms with E-state index in [1.54, 1.807) is 18.0 Å². The molecule has 0 aliphatic carbocycles. The average Bonchev–Trinajstić information content (AvgIpc) is 3.07. The summed E-state index contributed by atoms with van der Waals surface area (Å²) in [5.74, 6) is 0.849. The van der Waals surface area contributed by atoms with Crippen molar-refractivity contribution in [3.8, 4) is 11.4 Å². The smallest absolute Gasteiger partial charge is 0.171 e. The molecule has 1 aromatic heterocycles. The number of rotatable bonds is 3. The highest BCUT2D eigenvalue weighted by Crippen LogP contribution is 2.44. The molecule has 5 nitrogen and oxygen atoms in total. The van der Waals surface area contributed by atoms with E-state index in [9.17, 15) is 0 Å². The third kappa shape index (κ3) is 2.09. The summed E-state index contributed by atoms with van der Waals surface area (Å²) in [4.78, 5) is 2.19. The highest BCUT2D eigenvalue weighted by atomic mass is 19.1. The van der Waals surface area contributed by atoms with Crippen LogP contribution in [0.3, 0.4) is 0 Å². The summed E-state index contributed by atoms with van der Waals surface area (Å²) in [6.45, 7) is 2.45. The van der Waals surface area contributed by atoms with Gasteiger partial charge in [-0.2, -0.15) is 0 Å². The summed E-state index contributed by atoms with van der Waals surface area (Å²) in [6, 6.07) is 7.49. The van der Waals surface area contributed by atoms with Gasteiger partial charge in [-0.1, -0.05) is 5.21 Å². The van der Waals surface area contributed by atoms with Crippen molar-refractivity contribution in [3.05, 3.63) is 36.2 Å². The van der Waals surface area contributed by atoms with E-state index < -0.39 is 5.67 Å². The highest BCUT2D eigenvalue weighted by Gasteiger charge is 2.50. The van der Waals surface area contributed by atoms with E-state index >= 15 is 4.39 Å². The molecule has 116 valence electrons. The molecule has 3 aliphatic rings. The summed E-state index contributed by atoms with van der Waals surface area (Å²) in [7, 11) is 1.63. The van der Waals surface area contributed by atoms with Gasteiger partial charge in [0.25, 0.3) is 0 Å². The zero-order chi connectivity index (χ0) is 15.2. The number of hydrogen-bond donors (Lipinski definition) is 0. The maximum atomic E-state index is 15.5. The number of aromatic nitrogens is 3. The van der Waals surface area contributed by atoms with Crippen LogP contribution in [0, 0.1) is 5.92 Å². The zero-order valence-electron chi connectivity index (χ0n) is 12.6. The number of alkyl halides is 1. The summed E-state index contributed by atoms with van der Waals surface area (Å²) in [5, 5.41) is 8.24. The summed E-state index contributed by atoms with van der Waals surface area (Å²) in [6.07, 6.45) is 3.54. The molecule has 3 aliphatic heterocycles. The van der Waals surface area contributed by atoms with Gasteiger partial charge in [0.05, 0.1) is 19.0 Å². The van der Waals surface area contributed by atoms with Crippen LogP contribution in [0.15, 0.2) is 30.5 Å². The number of benzene rings is 1. The van der Waals surface area contributed by atoms with E-state index in [2.05, 4.69) is 15.2 Å². The van der Waals surface area contributed by atoms with Crippen LogP contribution in [-0.2, 0) is 5.67 Å². The minimum atomic E-state index is -1.36. The first kappa shape index (κ1) is 13.7. The van der Waals surface area contributed by atoms with Crippen molar-refractivity contribution in [3.63, 3.8) is 0 Å². The molecule has 22 heavy (non-hydrogen) atoms. The lowest BCUT2D eigenvalue weighted by atomic mass is 9.75. The third-order valence-corrected chi connectivity index (χ3v) is 4.94. The van der Waals surface area contributed by atoms with Crippen molar-refractivity contribution < 1.29 is 9.13 Å². The van der Waals surface area contributed by atoms with Gasteiger partial charge in [-0.3, -0.25) is 4.90 Å². The molecule has 0 saturated carbocycles. The van der Waals surface area contributed by atoms with Crippen LogP contribution in [0.2, 0.25) is 0 Å². The van der Waals surface area contributed by atoms with Crippen LogP contribution in [-0.4, -0.2) is 46.6 Å². The minimum Gasteiger partial charge on any atom is -0.497 e. The Balaban J connectivity index is 1.63. The molecular weight excluding hydrogens is 283 g/mol. The Kier molecular flexibility index (Phi) is 3.14. The van der Waals surface area contributed by atoms with Gasteiger partial charge in [-0.25, -0.2) is 9.07 Å². The molecule has 5 rings (SSSR count). The second-order valence-corrected chi connectivity index (χ2v) is 6.16. The van der Waals surface area contributed by atoms with Gasteiger partial charge in [0.2, 0.25) is 0 Å². The van der Waals surface area contributed by atoms with Crippen LogP contribution >= 0.6 is 0 Å². The number of hydrogen-bond acceptors (Lipinski definition) is 4. The van der Waals surface area contributed by atoms with E-state index in [0.717, 1.165) is 37.4 Å². The minimum absolute atomic E-state index is 0.0681. The van der Waals surface area contributed by atoms with Crippen molar-refractivity contribution in [2.45, 2.75) is 18.5 Å². The molecule has 1 unspecified atom stereocenters. The van der Waals surface area contributed by atoms with Crippen LogP contribution in [0.5, 0.6) is 5.75 Å². The van der Waals surface area contributed by atoms with Gasteiger partial charge in [-0.05, 0) is 50.2 Å². The molecule has 2 bridgehead atoms. The topological polar surface area (TPSA) is 43.2 Å². The van der Waals surface area contributed by atoms with Gasteiger partial charge >= 0.3 is 0 Å². The Hall–Kier alpha value is -1.95. The van der Waals surface area contributed by atoms with Gasteiger partial charge in [0, 0.05) is 12.5 Å². The van der Waals surface area contributed by atoms with Gasteiger partial charge in [0.15, 0.2) is 5.67 Å². The number of halogens is 1. The molecule has 1 aromatic carbocycles. The maximum Gasteiger partial charge on any atom is 0.171 e. The van der Waals surface area contributed by atoms with Crippen LogP contribution in [0.25, 0.3) is 5.69 Å². The van der Waals surface area contributed by atoms with Crippen molar-refractivity contribution in [1.29, 1.82) is 0 Å². The first-order chi connectivity index (χ1) is 10.7. The number of methoxy groups -OCH3 is 1. The molecule has 0 amide bonds. The fourth-order valence-electron chi connectivity index (χ4n) is 3.61. The SMILES string of the molecule is COc1ccc(-n2cc(C3(F)CN4CCC3CC4)nn2)cc1. The molecule has 3 saturated heterocycles. The van der Waals surface area contributed by atoms with Crippen molar-refractivity contribution in [2.75, 3.05) is 26.7 Å². The Morgan fingerprint density at radius 1 is 1.23 bits per heavy atom. The standard InChI is InChI=1S/C16H19FN4O/c1-22-14-4-2-13(3-5-14)21-10-15(18-19-21)16(17)11-20-8-6-12(16)7-9-20/h2-5,10,12H,6-9,11H2,1H3. The Morgan fingerprint density at radius 3 is 2.55 bits per heavy atom. The Morgan fingerprint density at radius 2 is 1.95 bits per heavy atom. The molecule has 0 N–H and O–H groups in total. The fraction of sp³-hybridized carbons (Fsp3) is 0.500. The van der Waals surface area contributed by atoms with E-state index in [4.69, 9.17) is 4.74 Å². The Labute approximate surface area is 128 Å². The molecule has 2 aromatic rings. The molecule has 0 radical (unpaired) electrons. The Bertz CT molecular complexity index is 663. The molecule has 6 heteroatoms. The predicted molar refractivity (Wildman–Crippen MR) is 79.9 cm³/mol. The van der Waals surface area contributed by atoms with Gasteiger partial charge in [0.1, 0.15) is 11.4 Å². The zero-order valence-corrected chi connectivity index (χ0v) is 12.6. The average molecular weight is 302 g/mol. The lowest BCUT2D eigenvalue weighted by Gasteiger charge is -2.47. The van der Waals surface area contributed by atoms with E-state index in [1.807, 2.05) is 24.3 Å². The largest absolute Gasteiger partial charge is 0.497 e. The highest BCUT2D eigenvalue weighted by molar-refractivity contribution is 5.37. The first-order valence-electron chi connectivity index (χ1n) is 7.67. The van der Waals surface area contributed by atoms with Crippen LogP contribution in [0.1, 0.15) is 18.5 Å². The third-order valence-electron chi connectivity index (χ3n) is 4.94.